The molecule has 2 aliphatic rings. The van der Waals surface area contributed by atoms with Gasteiger partial charge in [0, 0.05) is 0 Å². The van der Waals surface area contributed by atoms with E-state index in [-0.39, 0.29) is 6.10 Å². The lowest BCUT2D eigenvalue weighted by molar-refractivity contribution is -0.0197. The van der Waals surface area contributed by atoms with Gasteiger partial charge in [0.15, 0.2) is 0 Å². The lowest BCUT2D eigenvalue weighted by atomic mass is 9.77. The van der Waals surface area contributed by atoms with E-state index in [1.54, 1.807) is 5.56 Å². The van der Waals surface area contributed by atoms with Crippen LogP contribution in [0.5, 0.6) is 0 Å². The van der Waals surface area contributed by atoms with Crippen LogP contribution in [0.4, 0.5) is 0 Å². The number of hydrogen-bond donors (Lipinski definition) is 0. The zero-order chi connectivity index (χ0) is 22.2. The Morgan fingerprint density at radius 1 is 0.625 bits per heavy atom. The van der Waals surface area contributed by atoms with Crippen molar-refractivity contribution in [2.75, 3.05) is 6.61 Å². The molecule has 0 aromatic heterocycles. The smallest absolute Gasteiger partial charge is 0.0825 e. The molecule has 0 spiro atoms. The van der Waals surface area contributed by atoms with Crippen molar-refractivity contribution in [2.24, 2.45) is 11.8 Å². The third kappa shape index (κ3) is 6.25. The predicted molar refractivity (Wildman–Crippen MR) is 137 cm³/mol. The van der Waals surface area contributed by atoms with Crippen LogP contribution >= 0.6 is 0 Å². The Balaban J connectivity index is 1.29. The summed E-state index contributed by atoms with van der Waals surface area (Å²) in [6.45, 7) is 5.53. The van der Waals surface area contributed by atoms with E-state index in [1.807, 2.05) is 0 Å². The van der Waals surface area contributed by atoms with E-state index in [9.17, 15) is 0 Å². The Hall–Kier alpha value is -1.60. The summed E-state index contributed by atoms with van der Waals surface area (Å²) in [6.07, 6.45) is 16.6. The Kier molecular flexibility index (Phi) is 8.85. The van der Waals surface area contributed by atoms with Gasteiger partial charge in [0.2, 0.25) is 0 Å². The fourth-order valence-electron chi connectivity index (χ4n) is 5.90. The molecule has 32 heavy (non-hydrogen) atoms. The summed E-state index contributed by atoms with van der Waals surface area (Å²) in [6, 6.07) is 18.6. The summed E-state index contributed by atoms with van der Waals surface area (Å²) in [4.78, 5) is 0. The summed E-state index contributed by atoms with van der Waals surface area (Å²) in [5.74, 6) is 2.53. The van der Waals surface area contributed by atoms with Crippen LogP contribution in [-0.2, 0) is 4.74 Å². The summed E-state index contributed by atoms with van der Waals surface area (Å²) >= 11 is 0. The molecule has 0 amide bonds. The molecule has 1 saturated carbocycles. The van der Waals surface area contributed by atoms with E-state index in [0.29, 0.717) is 0 Å². The van der Waals surface area contributed by atoms with Crippen LogP contribution in [0, 0.1) is 11.8 Å². The number of unbranched alkanes of at least 4 members (excludes halogenated alkanes) is 2. The van der Waals surface area contributed by atoms with Gasteiger partial charge in [-0.15, -0.1) is 0 Å². The van der Waals surface area contributed by atoms with Gasteiger partial charge in [-0.25, -0.2) is 0 Å². The van der Waals surface area contributed by atoms with Crippen LogP contribution in [0.1, 0.15) is 114 Å². The molecule has 2 fully saturated rings. The zero-order valence-electron chi connectivity index (χ0n) is 20.5. The molecule has 1 heterocycles. The first kappa shape index (κ1) is 23.6. The third-order valence-electron chi connectivity index (χ3n) is 8.15. The molecule has 4 rings (SSSR count). The molecule has 1 aliphatic heterocycles. The third-order valence-corrected chi connectivity index (χ3v) is 8.15. The topological polar surface area (TPSA) is 9.23 Å². The van der Waals surface area contributed by atoms with Crippen molar-refractivity contribution >= 4 is 0 Å². The Labute approximate surface area is 197 Å². The van der Waals surface area contributed by atoms with E-state index in [0.717, 1.165) is 24.4 Å². The molecule has 174 valence electrons. The van der Waals surface area contributed by atoms with Gasteiger partial charge in [0.25, 0.3) is 0 Å². The normalized spacial score (nSPS) is 26.2. The van der Waals surface area contributed by atoms with E-state index < -0.39 is 0 Å². The highest BCUT2D eigenvalue weighted by molar-refractivity contribution is 5.64. The molecule has 1 nitrogen and oxygen atoms in total. The minimum absolute atomic E-state index is 0.289. The van der Waals surface area contributed by atoms with Crippen molar-refractivity contribution in [3.8, 4) is 11.1 Å². The van der Waals surface area contributed by atoms with E-state index >= 15 is 0 Å². The number of hydrogen-bond acceptors (Lipinski definition) is 1. The monoisotopic (exact) mass is 432 g/mol. The van der Waals surface area contributed by atoms with Crippen molar-refractivity contribution in [1.29, 1.82) is 0 Å². The molecule has 0 bridgehead atoms. The molecule has 2 aromatic carbocycles. The molecule has 1 heteroatoms. The summed E-state index contributed by atoms with van der Waals surface area (Å²) in [5.41, 5.74) is 5.55. The molecule has 2 atom stereocenters. The van der Waals surface area contributed by atoms with Gasteiger partial charge in [0.1, 0.15) is 0 Å². The molecule has 1 saturated heterocycles. The first-order chi connectivity index (χ1) is 15.8. The van der Waals surface area contributed by atoms with Crippen LogP contribution in [0.25, 0.3) is 11.1 Å². The van der Waals surface area contributed by atoms with Gasteiger partial charge < -0.3 is 4.74 Å². The van der Waals surface area contributed by atoms with Gasteiger partial charge >= 0.3 is 0 Å². The van der Waals surface area contributed by atoms with E-state index in [2.05, 4.69) is 62.4 Å². The molecule has 0 N–H and O–H groups in total. The number of ether oxygens (including phenoxy) is 1. The van der Waals surface area contributed by atoms with Gasteiger partial charge in [-0.3, -0.25) is 0 Å². The molecule has 0 radical (unpaired) electrons. The largest absolute Gasteiger partial charge is 0.373 e. The first-order valence-electron chi connectivity index (χ1n) is 13.6. The quantitative estimate of drug-likeness (QED) is 0.383. The second-order valence-electron chi connectivity index (χ2n) is 10.5. The molecule has 2 aromatic rings. The maximum atomic E-state index is 6.23. The van der Waals surface area contributed by atoms with Crippen molar-refractivity contribution in [2.45, 2.75) is 103 Å². The summed E-state index contributed by atoms with van der Waals surface area (Å²) in [5, 5.41) is 0. The number of benzene rings is 2. The number of rotatable bonds is 9. The highest BCUT2D eigenvalue weighted by Gasteiger charge is 2.23. The van der Waals surface area contributed by atoms with Crippen molar-refractivity contribution in [1.82, 2.24) is 0 Å². The average Bonchev–Trinajstić information content (AvgIpc) is 2.87. The van der Waals surface area contributed by atoms with Crippen LogP contribution < -0.4 is 0 Å². The summed E-state index contributed by atoms with van der Waals surface area (Å²) < 4.78 is 6.23. The minimum atomic E-state index is 0.289. The Morgan fingerprint density at radius 2 is 1.16 bits per heavy atom. The van der Waals surface area contributed by atoms with Gasteiger partial charge in [-0.2, -0.15) is 0 Å². The standard InChI is InChI=1S/C31H44O/c1-3-5-7-24-9-12-26(13-10-24)27-14-16-28(17-15-27)29-18-20-30(21-19-29)31-22-11-25(23-32-31)8-6-4-2/h14-21,24-26,31H,3-13,22-23H2,1-2H3. The highest BCUT2D eigenvalue weighted by Crippen LogP contribution is 2.38. The van der Waals surface area contributed by atoms with Gasteiger partial charge in [-0.05, 0) is 85.0 Å². The zero-order valence-corrected chi connectivity index (χ0v) is 20.5. The predicted octanol–water partition coefficient (Wildman–Crippen LogP) is 9.48. The van der Waals surface area contributed by atoms with Crippen molar-refractivity contribution < 1.29 is 4.74 Å². The fraction of sp³-hybridized carbons (Fsp3) is 0.613. The molecule has 1 aliphatic carbocycles. The second-order valence-corrected chi connectivity index (χ2v) is 10.5. The lowest BCUT2D eigenvalue weighted by Crippen LogP contribution is -2.20. The van der Waals surface area contributed by atoms with Crippen LogP contribution in [0.15, 0.2) is 48.5 Å². The minimum Gasteiger partial charge on any atom is -0.373 e. The van der Waals surface area contributed by atoms with E-state index in [4.69, 9.17) is 4.74 Å². The molecular weight excluding hydrogens is 388 g/mol. The van der Waals surface area contributed by atoms with Gasteiger partial charge in [0.05, 0.1) is 12.7 Å². The van der Waals surface area contributed by atoms with E-state index in [1.165, 1.54) is 93.7 Å². The highest BCUT2D eigenvalue weighted by atomic mass is 16.5. The molecular formula is C31H44O. The van der Waals surface area contributed by atoms with Crippen LogP contribution in [0.2, 0.25) is 0 Å². The van der Waals surface area contributed by atoms with Gasteiger partial charge in [-0.1, -0.05) is 94.5 Å². The Morgan fingerprint density at radius 3 is 1.69 bits per heavy atom. The fourth-order valence-corrected chi connectivity index (χ4v) is 5.90. The van der Waals surface area contributed by atoms with Crippen LogP contribution in [-0.4, -0.2) is 6.61 Å². The maximum Gasteiger partial charge on any atom is 0.0825 e. The van der Waals surface area contributed by atoms with Crippen molar-refractivity contribution in [3.63, 3.8) is 0 Å². The SMILES string of the molecule is CCCCC1CCC(c2ccc(-c3ccc(C4CCC(CCCC)CO4)cc3)cc2)CC1. The first-order valence-corrected chi connectivity index (χ1v) is 13.6. The average molecular weight is 433 g/mol. The maximum absolute atomic E-state index is 6.23. The molecule has 2 unspecified atom stereocenters. The second kappa shape index (κ2) is 12.0. The Bertz CT molecular complexity index is 705. The van der Waals surface area contributed by atoms with Crippen molar-refractivity contribution in [3.05, 3.63) is 59.7 Å². The van der Waals surface area contributed by atoms with Crippen LogP contribution in [0.3, 0.4) is 0 Å². The lowest BCUT2D eigenvalue weighted by Gasteiger charge is -2.29. The summed E-state index contributed by atoms with van der Waals surface area (Å²) in [7, 11) is 0.